The Morgan fingerprint density at radius 2 is 1.68 bits per heavy atom. The number of hydrogen-bond acceptors (Lipinski definition) is 3. The smallest absolute Gasteiger partial charge is 0.222 e. The summed E-state index contributed by atoms with van der Waals surface area (Å²) >= 11 is 0. The summed E-state index contributed by atoms with van der Waals surface area (Å²) < 4.78 is 14.0. The molecule has 1 amide bonds. The molecule has 0 bridgehead atoms. The summed E-state index contributed by atoms with van der Waals surface area (Å²) in [5, 5.41) is 0. The Labute approximate surface area is 225 Å². The van der Waals surface area contributed by atoms with Crippen LogP contribution < -0.4 is 4.90 Å². The van der Waals surface area contributed by atoms with Gasteiger partial charge in [0.25, 0.3) is 0 Å². The van der Waals surface area contributed by atoms with Crippen LogP contribution >= 0.6 is 0 Å². The number of hydrogen-bond donors (Lipinski definition) is 0. The average Bonchev–Trinajstić information content (AvgIpc) is 2.96. The second-order valence-electron chi connectivity index (χ2n) is 10.4. The van der Waals surface area contributed by atoms with Gasteiger partial charge in [0.2, 0.25) is 5.91 Å². The zero-order valence-corrected chi connectivity index (χ0v) is 22.3. The van der Waals surface area contributed by atoms with Crippen LogP contribution in [0.1, 0.15) is 42.9 Å². The number of allylic oxidation sites excluding steroid dienone is 4. The minimum absolute atomic E-state index is 0.172. The first-order chi connectivity index (χ1) is 18.5. The molecule has 38 heavy (non-hydrogen) atoms. The molecule has 3 aromatic rings. The van der Waals surface area contributed by atoms with Crippen LogP contribution in [-0.4, -0.2) is 42.0 Å². The van der Waals surface area contributed by atoms with Crippen LogP contribution in [0.3, 0.4) is 0 Å². The monoisotopic (exact) mass is 509 g/mol. The van der Waals surface area contributed by atoms with Gasteiger partial charge in [0, 0.05) is 44.7 Å². The number of carbonyl (C=O) groups excluding carboxylic acids is 1. The molecule has 5 heteroatoms. The Hall–Kier alpha value is -3.73. The van der Waals surface area contributed by atoms with Gasteiger partial charge in [-0.25, -0.2) is 9.37 Å². The standard InChI is InChI=1S/C33H36FN3O/c1-24-22-30(26-9-4-3-5-10-26)27(23-29(24)28-14-15-31(34)25(2)21-28)11-8-13-33(38)37-19-17-36(18-20-37)32-12-6-7-16-35-32/h3-7,9-10,12,14-16,21-24,27H,8,11,13,17-20H2,1-2H3. The minimum atomic E-state index is -0.172. The van der Waals surface area contributed by atoms with Crippen molar-refractivity contribution < 1.29 is 9.18 Å². The zero-order chi connectivity index (χ0) is 26.5. The second-order valence-corrected chi connectivity index (χ2v) is 10.4. The lowest BCUT2D eigenvalue weighted by atomic mass is 9.77. The molecule has 1 aliphatic heterocycles. The number of anilines is 1. The van der Waals surface area contributed by atoms with Crippen molar-refractivity contribution in [2.75, 3.05) is 31.1 Å². The molecule has 1 aliphatic carbocycles. The molecule has 2 unspecified atom stereocenters. The summed E-state index contributed by atoms with van der Waals surface area (Å²) in [6.45, 7) is 7.12. The number of nitrogens with zero attached hydrogens (tertiary/aromatic N) is 3. The Balaban J connectivity index is 1.25. The Morgan fingerprint density at radius 1 is 0.921 bits per heavy atom. The van der Waals surface area contributed by atoms with Crippen molar-refractivity contribution in [2.24, 2.45) is 11.8 Å². The maximum absolute atomic E-state index is 14.0. The van der Waals surface area contributed by atoms with Crippen LogP contribution in [0.15, 0.2) is 85.1 Å². The summed E-state index contributed by atoms with van der Waals surface area (Å²) in [4.78, 5) is 21.8. The third-order valence-corrected chi connectivity index (χ3v) is 7.81. The fourth-order valence-electron chi connectivity index (χ4n) is 5.66. The predicted molar refractivity (Wildman–Crippen MR) is 153 cm³/mol. The summed E-state index contributed by atoms with van der Waals surface area (Å²) in [5.74, 6) is 1.48. The largest absolute Gasteiger partial charge is 0.353 e. The van der Waals surface area contributed by atoms with Crippen molar-refractivity contribution in [3.8, 4) is 0 Å². The third kappa shape index (κ3) is 5.88. The summed E-state index contributed by atoms with van der Waals surface area (Å²) in [7, 11) is 0. The lowest BCUT2D eigenvalue weighted by Gasteiger charge is -2.35. The maximum atomic E-state index is 14.0. The van der Waals surface area contributed by atoms with Gasteiger partial charge in [-0.15, -0.1) is 0 Å². The number of amides is 1. The normalized spacial score (nSPS) is 19.7. The highest BCUT2D eigenvalue weighted by Gasteiger charge is 2.25. The molecule has 0 spiro atoms. The summed E-state index contributed by atoms with van der Waals surface area (Å²) in [6, 6.07) is 21.9. The highest BCUT2D eigenvalue weighted by atomic mass is 19.1. The molecule has 2 aromatic carbocycles. The van der Waals surface area contributed by atoms with E-state index in [1.165, 1.54) is 16.7 Å². The molecule has 0 saturated carbocycles. The van der Waals surface area contributed by atoms with Gasteiger partial charge in [-0.05, 0) is 77.8 Å². The Bertz CT molecular complexity index is 1310. The average molecular weight is 510 g/mol. The summed E-state index contributed by atoms with van der Waals surface area (Å²) in [5.41, 5.74) is 5.52. The zero-order valence-electron chi connectivity index (χ0n) is 22.3. The van der Waals surface area contributed by atoms with E-state index in [0.717, 1.165) is 50.4 Å². The van der Waals surface area contributed by atoms with Gasteiger partial charge in [0.1, 0.15) is 11.6 Å². The van der Waals surface area contributed by atoms with Crippen molar-refractivity contribution in [3.05, 3.63) is 108 Å². The van der Waals surface area contributed by atoms with E-state index in [2.05, 4.69) is 53.2 Å². The lowest BCUT2D eigenvalue weighted by Crippen LogP contribution is -2.49. The van der Waals surface area contributed by atoms with E-state index in [-0.39, 0.29) is 23.6 Å². The van der Waals surface area contributed by atoms with Gasteiger partial charge in [0.05, 0.1) is 0 Å². The van der Waals surface area contributed by atoms with E-state index >= 15 is 0 Å². The van der Waals surface area contributed by atoms with Gasteiger partial charge in [-0.2, -0.15) is 0 Å². The van der Waals surface area contributed by atoms with Crippen LogP contribution in [-0.2, 0) is 4.79 Å². The number of rotatable bonds is 7. The molecule has 2 heterocycles. The topological polar surface area (TPSA) is 36.4 Å². The fourth-order valence-corrected chi connectivity index (χ4v) is 5.66. The highest BCUT2D eigenvalue weighted by molar-refractivity contribution is 5.81. The van der Waals surface area contributed by atoms with E-state index in [4.69, 9.17) is 0 Å². The Morgan fingerprint density at radius 3 is 2.39 bits per heavy atom. The molecular weight excluding hydrogens is 473 g/mol. The number of benzene rings is 2. The van der Waals surface area contributed by atoms with Gasteiger partial charge in [-0.1, -0.05) is 61.5 Å². The minimum Gasteiger partial charge on any atom is -0.353 e. The maximum Gasteiger partial charge on any atom is 0.222 e. The van der Waals surface area contributed by atoms with Crippen molar-refractivity contribution in [1.82, 2.24) is 9.88 Å². The van der Waals surface area contributed by atoms with Gasteiger partial charge >= 0.3 is 0 Å². The van der Waals surface area contributed by atoms with Crippen LogP contribution in [0, 0.1) is 24.6 Å². The molecule has 196 valence electrons. The fraction of sp³-hybridized carbons (Fsp3) is 0.333. The van der Waals surface area contributed by atoms with Crippen molar-refractivity contribution in [2.45, 2.75) is 33.1 Å². The molecule has 1 saturated heterocycles. The van der Waals surface area contributed by atoms with E-state index in [0.29, 0.717) is 12.0 Å². The number of carbonyl (C=O) groups is 1. The molecule has 2 aliphatic rings. The first-order valence-corrected chi connectivity index (χ1v) is 13.7. The van der Waals surface area contributed by atoms with E-state index in [1.807, 2.05) is 54.4 Å². The first kappa shape index (κ1) is 25.9. The van der Waals surface area contributed by atoms with Gasteiger partial charge in [-0.3, -0.25) is 4.79 Å². The predicted octanol–water partition coefficient (Wildman–Crippen LogP) is 6.78. The number of pyridine rings is 1. The molecule has 1 aromatic heterocycles. The highest BCUT2D eigenvalue weighted by Crippen LogP contribution is 2.40. The van der Waals surface area contributed by atoms with E-state index in [9.17, 15) is 9.18 Å². The van der Waals surface area contributed by atoms with Crippen LogP contribution in [0.2, 0.25) is 0 Å². The molecule has 4 nitrogen and oxygen atoms in total. The Kier molecular flexibility index (Phi) is 8.02. The molecule has 0 radical (unpaired) electrons. The first-order valence-electron chi connectivity index (χ1n) is 13.7. The van der Waals surface area contributed by atoms with E-state index < -0.39 is 0 Å². The lowest BCUT2D eigenvalue weighted by molar-refractivity contribution is -0.131. The van der Waals surface area contributed by atoms with Crippen molar-refractivity contribution in [3.63, 3.8) is 0 Å². The van der Waals surface area contributed by atoms with Crippen molar-refractivity contribution >= 4 is 22.9 Å². The van der Waals surface area contributed by atoms with Crippen LogP contribution in [0.4, 0.5) is 10.2 Å². The summed E-state index contributed by atoms with van der Waals surface area (Å²) in [6.07, 6.45) is 8.80. The van der Waals surface area contributed by atoms with Gasteiger partial charge in [0.15, 0.2) is 0 Å². The quantitative estimate of drug-likeness (QED) is 0.352. The number of aromatic nitrogens is 1. The number of aryl methyl sites for hydroxylation is 1. The molecular formula is C33H36FN3O. The molecule has 1 fully saturated rings. The molecule has 5 rings (SSSR count). The van der Waals surface area contributed by atoms with E-state index in [1.54, 1.807) is 6.07 Å². The SMILES string of the molecule is Cc1cc(C2=CC(CCCC(=O)N3CCN(c4ccccn4)CC3)C(c3ccccc3)=CC2C)ccc1F. The molecule has 2 atom stereocenters. The van der Waals surface area contributed by atoms with Crippen LogP contribution in [0.25, 0.3) is 11.1 Å². The number of halogens is 1. The van der Waals surface area contributed by atoms with Crippen LogP contribution in [0.5, 0.6) is 0 Å². The number of piperazine rings is 1. The second kappa shape index (κ2) is 11.8. The molecule has 0 N–H and O–H groups in total. The van der Waals surface area contributed by atoms with Gasteiger partial charge < -0.3 is 9.80 Å². The third-order valence-electron chi connectivity index (χ3n) is 7.81. The van der Waals surface area contributed by atoms with Crippen molar-refractivity contribution in [1.29, 1.82) is 0 Å².